The van der Waals surface area contributed by atoms with Gasteiger partial charge in [0.2, 0.25) is 0 Å². The van der Waals surface area contributed by atoms with E-state index in [1.54, 1.807) is 12.1 Å². The summed E-state index contributed by atoms with van der Waals surface area (Å²) in [5.41, 5.74) is 4.29. The highest BCUT2D eigenvalue weighted by Gasteiger charge is 2.15. The maximum Gasteiger partial charge on any atom is 0.167 e. The van der Waals surface area contributed by atoms with Gasteiger partial charge in [0, 0.05) is 11.1 Å². The molecule has 128 valence electrons. The summed E-state index contributed by atoms with van der Waals surface area (Å²) >= 11 is 0. The van der Waals surface area contributed by atoms with Crippen molar-refractivity contribution in [1.82, 2.24) is 0 Å². The Bertz CT molecular complexity index is 847. The Morgan fingerprint density at radius 1 is 0.680 bits per heavy atom. The van der Waals surface area contributed by atoms with Gasteiger partial charge in [-0.25, -0.2) is 8.78 Å². The third kappa shape index (κ3) is 3.79. The van der Waals surface area contributed by atoms with E-state index in [-0.39, 0.29) is 0 Å². The van der Waals surface area contributed by atoms with Crippen LogP contribution in [0.5, 0.6) is 0 Å². The van der Waals surface area contributed by atoms with Crippen molar-refractivity contribution in [1.29, 1.82) is 0 Å². The molecule has 0 N–H and O–H groups in total. The lowest BCUT2D eigenvalue weighted by molar-refractivity contribution is 0.514. The molecule has 3 aromatic carbocycles. The maximum atomic E-state index is 14.6. The molecule has 0 radical (unpaired) electrons. The minimum Gasteiger partial charge on any atom is -0.203 e. The molecule has 0 heterocycles. The number of halogens is 2. The Kier molecular flexibility index (Phi) is 5.28. The van der Waals surface area contributed by atoms with E-state index in [1.165, 1.54) is 5.56 Å². The molecule has 2 heteroatoms. The third-order valence-electron chi connectivity index (χ3n) is 4.53. The van der Waals surface area contributed by atoms with Gasteiger partial charge in [0.05, 0.1) is 0 Å². The Morgan fingerprint density at radius 3 is 1.64 bits per heavy atom. The number of rotatable bonds is 5. The first-order valence-electron chi connectivity index (χ1n) is 8.74. The first kappa shape index (κ1) is 17.3. The van der Waals surface area contributed by atoms with Crippen molar-refractivity contribution in [2.45, 2.75) is 33.1 Å². The predicted molar refractivity (Wildman–Crippen MR) is 101 cm³/mol. The molecule has 25 heavy (non-hydrogen) atoms. The molecule has 0 spiro atoms. The summed E-state index contributed by atoms with van der Waals surface area (Å²) in [7, 11) is 0. The minimum absolute atomic E-state index is 0.292. The SMILES string of the molecule is CCCCc1ccc(-c2ccc(-c3ccc(C)cc3)c(F)c2F)cc1. The second-order valence-corrected chi connectivity index (χ2v) is 6.46. The van der Waals surface area contributed by atoms with Crippen LogP contribution in [0.1, 0.15) is 30.9 Å². The molecule has 0 bridgehead atoms. The van der Waals surface area contributed by atoms with Crippen LogP contribution >= 0.6 is 0 Å². The van der Waals surface area contributed by atoms with Gasteiger partial charge >= 0.3 is 0 Å². The van der Waals surface area contributed by atoms with Gasteiger partial charge in [-0.05, 0) is 36.5 Å². The number of aryl methyl sites for hydroxylation is 2. The van der Waals surface area contributed by atoms with E-state index in [9.17, 15) is 8.78 Å². The fourth-order valence-corrected chi connectivity index (χ4v) is 2.96. The molecule has 0 fully saturated rings. The normalized spacial score (nSPS) is 10.9. The lowest BCUT2D eigenvalue weighted by Crippen LogP contribution is -1.94. The van der Waals surface area contributed by atoms with Gasteiger partial charge in [-0.1, -0.05) is 79.6 Å². The number of unbranched alkanes of at least 4 members (excludes halogenated alkanes) is 1. The molecule has 0 nitrogen and oxygen atoms in total. The van der Waals surface area contributed by atoms with Crippen LogP contribution in [0, 0.1) is 18.6 Å². The predicted octanol–water partition coefficient (Wildman–Crippen LogP) is 6.95. The fourth-order valence-electron chi connectivity index (χ4n) is 2.96. The minimum atomic E-state index is -0.795. The first-order chi connectivity index (χ1) is 12.1. The van der Waals surface area contributed by atoms with E-state index in [0.29, 0.717) is 22.3 Å². The second-order valence-electron chi connectivity index (χ2n) is 6.46. The average Bonchev–Trinajstić information content (AvgIpc) is 2.64. The van der Waals surface area contributed by atoms with Gasteiger partial charge in [0.1, 0.15) is 0 Å². The van der Waals surface area contributed by atoms with Gasteiger partial charge in [0.25, 0.3) is 0 Å². The van der Waals surface area contributed by atoms with Crippen LogP contribution < -0.4 is 0 Å². The molecule has 0 aromatic heterocycles. The number of benzene rings is 3. The molecule has 0 saturated heterocycles. The zero-order valence-corrected chi connectivity index (χ0v) is 14.7. The van der Waals surface area contributed by atoms with Crippen molar-refractivity contribution >= 4 is 0 Å². The summed E-state index contributed by atoms with van der Waals surface area (Å²) in [6.45, 7) is 4.12. The zero-order chi connectivity index (χ0) is 17.8. The van der Waals surface area contributed by atoms with Crippen LogP contribution in [0.2, 0.25) is 0 Å². The van der Waals surface area contributed by atoms with Crippen molar-refractivity contribution in [3.63, 3.8) is 0 Å². The van der Waals surface area contributed by atoms with E-state index in [1.807, 2.05) is 55.5 Å². The van der Waals surface area contributed by atoms with E-state index in [4.69, 9.17) is 0 Å². The quantitative estimate of drug-likeness (QED) is 0.473. The molecule has 0 saturated carbocycles. The summed E-state index contributed by atoms with van der Waals surface area (Å²) in [5, 5.41) is 0. The summed E-state index contributed by atoms with van der Waals surface area (Å²) < 4.78 is 29.2. The molecular weight excluding hydrogens is 314 g/mol. The monoisotopic (exact) mass is 336 g/mol. The summed E-state index contributed by atoms with van der Waals surface area (Å²) in [5.74, 6) is -1.59. The lowest BCUT2D eigenvalue weighted by atomic mass is 9.97. The van der Waals surface area contributed by atoms with Crippen LogP contribution in [0.3, 0.4) is 0 Å². The van der Waals surface area contributed by atoms with Crippen LogP contribution in [-0.2, 0) is 6.42 Å². The molecular formula is C23H22F2. The van der Waals surface area contributed by atoms with Crippen molar-refractivity contribution in [2.75, 3.05) is 0 Å². The first-order valence-corrected chi connectivity index (χ1v) is 8.74. The molecule has 0 unspecified atom stereocenters. The van der Waals surface area contributed by atoms with Gasteiger partial charge in [-0.3, -0.25) is 0 Å². The van der Waals surface area contributed by atoms with Crippen molar-refractivity contribution in [3.8, 4) is 22.3 Å². The van der Waals surface area contributed by atoms with Gasteiger partial charge in [-0.15, -0.1) is 0 Å². The Labute approximate surface area is 148 Å². The highest BCUT2D eigenvalue weighted by atomic mass is 19.2. The van der Waals surface area contributed by atoms with Gasteiger partial charge in [-0.2, -0.15) is 0 Å². The summed E-state index contributed by atoms with van der Waals surface area (Å²) in [6, 6.07) is 18.5. The molecule has 0 atom stereocenters. The lowest BCUT2D eigenvalue weighted by Gasteiger charge is -2.10. The molecule has 3 rings (SSSR count). The Morgan fingerprint density at radius 2 is 1.16 bits per heavy atom. The van der Waals surface area contributed by atoms with E-state index >= 15 is 0 Å². The number of hydrogen-bond acceptors (Lipinski definition) is 0. The average molecular weight is 336 g/mol. The van der Waals surface area contributed by atoms with E-state index in [2.05, 4.69) is 6.92 Å². The van der Waals surface area contributed by atoms with Crippen molar-refractivity contribution in [3.05, 3.63) is 83.4 Å². The molecule has 0 aliphatic carbocycles. The second kappa shape index (κ2) is 7.60. The summed E-state index contributed by atoms with van der Waals surface area (Å²) in [4.78, 5) is 0. The van der Waals surface area contributed by atoms with Crippen LogP contribution in [0.4, 0.5) is 8.78 Å². The molecule has 0 amide bonds. The standard InChI is InChI=1S/C23H22F2/c1-3-4-5-17-8-12-19(13-9-17)21-15-14-20(22(24)23(21)25)18-10-6-16(2)7-11-18/h6-15H,3-5H2,1-2H3. The smallest absolute Gasteiger partial charge is 0.167 e. The van der Waals surface area contributed by atoms with Gasteiger partial charge < -0.3 is 0 Å². The van der Waals surface area contributed by atoms with Crippen LogP contribution in [0.15, 0.2) is 60.7 Å². The number of hydrogen-bond donors (Lipinski definition) is 0. The highest BCUT2D eigenvalue weighted by Crippen LogP contribution is 2.31. The topological polar surface area (TPSA) is 0 Å². The van der Waals surface area contributed by atoms with Crippen LogP contribution in [-0.4, -0.2) is 0 Å². The molecule has 0 aliphatic rings. The molecule has 3 aromatic rings. The Balaban J connectivity index is 1.93. The van der Waals surface area contributed by atoms with Crippen molar-refractivity contribution < 1.29 is 8.78 Å². The maximum absolute atomic E-state index is 14.6. The largest absolute Gasteiger partial charge is 0.203 e. The fraction of sp³-hybridized carbons (Fsp3) is 0.217. The van der Waals surface area contributed by atoms with Gasteiger partial charge in [0.15, 0.2) is 11.6 Å². The van der Waals surface area contributed by atoms with E-state index < -0.39 is 11.6 Å². The van der Waals surface area contributed by atoms with Crippen molar-refractivity contribution in [2.24, 2.45) is 0 Å². The zero-order valence-electron chi connectivity index (χ0n) is 14.7. The molecule has 0 aliphatic heterocycles. The third-order valence-corrected chi connectivity index (χ3v) is 4.53. The Hall–Kier alpha value is -2.48. The van der Waals surface area contributed by atoms with E-state index in [0.717, 1.165) is 24.8 Å². The highest BCUT2D eigenvalue weighted by molar-refractivity contribution is 5.72. The summed E-state index contributed by atoms with van der Waals surface area (Å²) in [6.07, 6.45) is 3.29. The van der Waals surface area contributed by atoms with Crippen LogP contribution in [0.25, 0.3) is 22.3 Å².